The summed E-state index contributed by atoms with van der Waals surface area (Å²) in [4.78, 5) is 29.7. The van der Waals surface area contributed by atoms with Crippen molar-refractivity contribution < 1.29 is 19.5 Å². The molecule has 1 rings (SSSR count). The lowest BCUT2D eigenvalue weighted by Crippen LogP contribution is -2.06. The number of carbonyl (C=O) groups excluding carboxylic acids is 3. The van der Waals surface area contributed by atoms with Gasteiger partial charge in [0.05, 0.1) is 0 Å². The van der Waals surface area contributed by atoms with Gasteiger partial charge in [-0.15, -0.1) is 0 Å². The van der Waals surface area contributed by atoms with Crippen molar-refractivity contribution >= 4 is 39.6 Å². The predicted molar refractivity (Wildman–Crippen MR) is 83.2 cm³/mol. The van der Waals surface area contributed by atoms with Gasteiger partial charge in [0.15, 0.2) is 0 Å². The SMILES string of the molecule is CCC(N)=O.O=C(Cl)CCCC(=O)Cl.Oc1ccccc1. The number of phenols is 1. The second kappa shape index (κ2) is 14.8. The number of primary amides is 1. The van der Waals surface area contributed by atoms with Gasteiger partial charge in [-0.3, -0.25) is 14.4 Å². The van der Waals surface area contributed by atoms with Crippen LogP contribution in [0.15, 0.2) is 30.3 Å². The number of halogens is 2. The summed E-state index contributed by atoms with van der Waals surface area (Å²) < 4.78 is 0. The summed E-state index contributed by atoms with van der Waals surface area (Å²) in [5, 5.41) is 7.79. The average Bonchev–Trinajstić information content (AvgIpc) is 2.40. The summed E-state index contributed by atoms with van der Waals surface area (Å²) in [7, 11) is 0. The van der Waals surface area contributed by atoms with Crippen molar-refractivity contribution in [3.05, 3.63) is 30.3 Å². The summed E-state index contributed by atoms with van der Waals surface area (Å²) in [5.74, 6) is 0.0764. The van der Waals surface area contributed by atoms with Crippen LogP contribution in [0.2, 0.25) is 0 Å². The molecular formula is C14H19Cl2NO4. The molecule has 0 radical (unpaired) electrons. The van der Waals surface area contributed by atoms with Crippen molar-refractivity contribution in [3.63, 3.8) is 0 Å². The van der Waals surface area contributed by atoms with E-state index >= 15 is 0 Å². The molecule has 1 amide bonds. The second-order valence-corrected chi connectivity index (χ2v) is 4.56. The quantitative estimate of drug-likeness (QED) is 0.808. The molecule has 118 valence electrons. The zero-order valence-electron chi connectivity index (χ0n) is 11.7. The van der Waals surface area contributed by atoms with Gasteiger partial charge in [0.1, 0.15) is 5.75 Å². The van der Waals surface area contributed by atoms with Crippen LogP contribution in [0.25, 0.3) is 0 Å². The molecule has 0 bridgehead atoms. The average molecular weight is 336 g/mol. The molecule has 3 N–H and O–H groups in total. The van der Waals surface area contributed by atoms with E-state index in [2.05, 4.69) is 5.73 Å². The van der Waals surface area contributed by atoms with E-state index in [4.69, 9.17) is 28.3 Å². The van der Waals surface area contributed by atoms with Crippen LogP contribution >= 0.6 is 23.2 Å². The zero-order chi connectivity index (χ0) is 16.7. The number of phenolic OH excluding ortho intramolecular Hbond substituents is 1. The minimum atomic E-state index is -0.423. The predicted octanol–water partition coefficient (Wildman–Crippen LogP) is 2.96. The summed E-state index contributed by atoms with van der Waals surface area (Å²) in [6.45, 7) is 1.72. The maximum atomic E-state index is 10.0. The number of amides is 1. The smallest absolute Gasteiger partial charge is 0.221 e. The van der Waals surface area contributed by atoms with Crippen molar-refractivity contribution in [2.75, 3.05) is 0 Å². The number of carbonyl (C=O) groups is 3. The normalized spacial score (nSPS) is 8.52. The van der Waals surface area contributed by atoms with Gasteiger partial charge in [-0.1, -0.05) is 25.1 Å². The molecule has 5 nitrogen and oxygen atoms in total. The van der Waals surface area contributed by atoms with E-state index in [1.54, 1.807) is 31.2 Å². The Labute approximate surface area is 134 Å². The molecule has 0 fully saturated rings. The van der Waals surface area contributed by atoms with E-state index in [9.17, 15) is 14.4 Å². The summed E-state index contributed by atoms with van der Waals surface area (Å²) >= 11 is 9.94. The van der Waals surface area contributed by atoms with E-state index in [1.165, 1.54) is 0 Å². The highest BCUT2D eigenvalue weighted by atomic mass is 35.5. The molecule has 1 aromatic carbocycles. The van der Waals surface area contributed by atoms with Crippen molar-refractivity contribution in [2.24, 2.45) is 5.73 Å². The molecule has 1 aromatic rings. The molecular weight excluding hydrogens is 317 g/mol. The molecule has 7 heteroatoms. The first kappa shape index (κ1) is 21.7. The number of para-hydroxylation sites is 1. The third-order valence-corrected chi connectivity index (χ3v) is 2.23. The minimum Gasteiger partial charge on any atom is -0.508 e. The van der Waals surface area contributed by atoms with E-state index in [-0.39, 0.29) is 18.7 Å². The van der Waals surface area contributed by atoms with E-state index in [1.807, 2.05) is 6.07 Å². The highest BCUT2D eigenvalue weighted by molar-refractivity contribution is 6.64. The standard InChI is InChI=1S/C6H6O.C5H6Cl2O2.C3H7NO/c7-6-4-2-1-3-5-6;6-4(8)2-1-3-5(7)9;1-2-3(4)5/h1-5,7H;1-3H2;2H2,1H3,(H2,4,5). The van der Waals surface area contributed by atoms with Crippen molar-refractivity contribution in [2.45, 2.75) is 32.6 Å². The first-order chi connectivity index (χ1) is 9.79. The van der Waals surface area contributed by atoms with Crippen LogP contribution in [0.4, 0.5) is 0 Å². The molecule has 0 aliphatic heterocycles. The van der Waals surface area contributed by atoms with Gasteiger partial charge in [0.2, 0.25) is 16.4 Å². The number of benzene rings is 1. The fraction of sp³-hybridized carbons (Fsp3) is 0.357. The van der Waals surface area contributed by atoms with Crippen molar-refractivity contribution in [1.29, 1.82) is 0 Å². The zero-order valence-corrected chi connectivity index (χ0v) is 13.2. The van der Waals surface area contributed by atoms with Gasteiger partial charge in [0, 0.05) is 19.3 Å². The lowest BCUT2D eigenvalue weighted by atomic mass is 10.3. The van der Waals surface area contributed by atoms with E-state index in [0.29, 0.717) is 18.6 Å². The molecule has 0 saturated carbocycles. The third kappa shape index (κ3) is 23.9. The van der Waals surface area contributed by atoms with Crippen LogP contribution in [-0.4, -0.2) is 21.5 Å². The maximum Gasteiger partial charge on any atom is 0.221 e. The third-order valence-electron chi connectivity index (χ3n) is 1.85. The van der Waals surface area contributed by atoms with E-state index in [0.717, 1.165) is 0 Å². The Kier molecular flexibility index (Phi) is 15.3. The Morgan fingerprint density at radius 3 is 1.62 bits per heavy atom. The number of hydrogen-bond acceptors (Lipinski definition) is 4. The fourth-order valence-corrected chi connectivity index (χ4v) is 1.06. The lowest BCUT2D eigenvalue weighted by molar-refractivity contribution is -0.117. The van der Waals surface area contributed by atoms with Gasteiger partial charge in [-0.05, 0) is 41.8 Å². The largest absolute Gasteiger partial charge is 0.508 e. The molecule has 0 aliphatic rings. The van der Waals surface area contributed by atoms with Gasteiger partial charge in [-0.2, -0.15) is 0 Å². The number of aromatic hydroxyl groups is 1. The van der Waals surface area contributed by atoms with Gasteiger partial charge < -0.3 is 10.8 Å². The molecule has 0 saturated heterocycles. The molecule has 0 atom stereocenters. The van der Waals surface area contributed by atoms with Gasteiger partial charge >= 0.3 is 0 Å². The summed E-state index contributed by atoms with van der Waals surface area (Å²) in [5.41, 5.74) is 4.65. The Bertz CT molecular complexity index is 410. The second-order valence-electron chi connectivity index (χ2n) is 3.72. The first-order valence-corrected chi connectivity index (χ1v) is 6.94. The van der Waals surface area contributed by atoms with E-state index < -0.39 is 10.5 Å². The molecule has 0 spiro atoms. The summed E-state index contributed by atoms with van der Waals surface area (Å²) in [6.07, 6.45) is 1.34. The Morgan fingerprint density at radius 2 is 1.43 bits per heavy atom. The minimum absolute atomic E-state index is 0.222. The highest BCUT2D eigenvalue weighted by Crippen LogP contribution is 2.03. The van der Waals surface area contributed by atoms with Crippen LogP contribution in [0.1, 0.15) is 32.6 Å². The van der Waals surface area contributed by atoms with Gasteiger partial charge in [0.25, 0.3) is 0 Å². The topological polar surface area (TPSA) is 97.5 Å². The maximum absolute atomic E-state index is 10.0. The van der Waals surface area contributed by atoms with Crippen molar-refractivity contribution in [3.8, 4) is 5.75 Å². The molecule has 0 aliphatic carbocycles. The number of rotatable bonds is 5. The molecule has 0 aromatic heterocycles. The molecule has 21 heavy (non-hydrogen) atoms. The monoisotopic (exact) mass is 335 g/mol. The highest BCUT2D eigenvalue weighted by Gasteiger charge is 1.98. The first-order valence-electron chi connectivity index (χ1n) is 6.18. The van der Waals surface area contributed by atoms with Crippen LogP contribution < -0.4 is 5.73 Å². The van der Waals surface area contributed by atoms with Crippen LogP contribution in [0.3, 0.4) is 0 Å². The number of nitrogens with two attached hydrogens (primary N) is 1. The van der Waals surface area contributed by atoms with Crippen molar-refractivity contribution in [1.82, 2.24) is 0 Å². The molecule has 0 unspecified atom stereocenters. The van der Waals surface area contributed by atoms with Gasteiger partial charge in [-0.25, -0.2) is 0 Å². The fourth-order valence-electron chi connectivity index (χ4n) is 0.794. The van der Waals surface area contributed by atoms with Crippen LogP contribution in [0.5, 0.6) is 5.75 Å². The van der Waals surface area contributed by atoms with Crippen LogP contribution in [-0.2, 0) is 14.4 Å². The Hall–Kier alpha value is -1.59. The molecule has 0 heterocycles. The Morgan fingerprint density at radius 1 is 1.05 bits per heavy atom. The number of hydrogen-bond donors (Lipinski definition) is 2. The lowest BCUT2D eigenvalue weighted by Gasteiger charge is -1.87. The summed E-state index contributed by atoms with van der Waals surface area (Å²) in [6, 6.07) is 8.71. The Balaban J connectivity index is 0. The van der Waals surface area contributed by atoms with Crippen LogP contribution in [0, 0.1) is 0 Å².